The lowest BCUT2D eigenvalue weighted by molar-refractivity contribution is 0.0520. The molecule has 2 aromatic rings. The molecule has 0 spiro atoms. The van der Waals surface area contributed by atoms with Crippen LogP contribution in [0.25, 0.3) is 5.65 Å². The number of hydrogen-bond donors (Lipinski definition) is 0. The van der Waals surface area contributed by atoms with Crippen molar-refractivity contribution in [2.75, 3.05) is 6.61 Å². The minimum Gasteiger partial charge on any atom is -0.461 e. The Bertz CT molecular complexity index is 507. The summed E-state index contributed by atoms with van der Waals surface area (Å²) in [6.45, 7) is 2.10. The molecule has 0 aliphatic heterocycles. The van der Waals surface area contributed by atoms with Crippen LogP contribution in [0.1, 0.15) is 17.4 Å². The van der Waals surface area contributed by atoms with Crippen molar-refractivity contribution in [3.8, 4) is 0 Å². The molecular formula is C10H9ClN2O2. The van der Waals surface area contributed by atoms with Crippen LogP contribution in [0.5, 0.6) is 0 Å². The van der Waals surface area contributed by atoms with Crippen LogP contribution < -0.4 is 0 Å². The molecule has 78 valence electrons. The van der Waals surface area contributed by atoms with Gasteiger partial charge in [-0.15, -0.1) is 0 Å². The summed E-state index contributed by atoms with van der Waals surface area (Å²) in [7, 11) is 0. The smallest absolute Gasteiger partial charge is 0.358 e. The number of aromatic nitrogens is 2. The highest BCUT2D eigenvalue weighted by Gasteiger charge is 2.11. The number of imidazole rings is 1. The molecule has 0 aliphatic rings. The second-order valence-electron chi connectivity index (χ2n) is 2.96. The lowest BCUT2D eigenvalue weighted by Gasteiger charge is -1.95. The molecule has 0 bridgehead atoms. The molecule has 4 nitrogen and oxygen atoms in total. The van der Waals surface area contributed by atoms with Gasteiger partial charge in [0.2, 0.25) is 0 Å². The van der Waals surface area contributed by atoms with Crippen LogP contribution in [0.15, 0.2) is 24.5 Å². The first kappa shape index (κ1) is 9.98. The van der Waals surface area contributed by atoms with Crippen LogP contribution in [-0.4, -0.2) is 22.0 Å². The first-order chi connectivity index (χ1) is 7.20. The van der Waals surface area contributed by atoms with E-state index in [1.54, 1.807) is 35.9 Å². The fourth-order valence-corrected chi connectivity index (χ4v) is 1.41. The first-order valence-electron chi connectivity index (χ1n) is 4.52. The van der Waals surface area contributed by atoms with Crippen molar-refractivity contribution in [1.29, 1.82) is 0 Å². The number of rotatable bonds is 2. The third-order valence-electron chi connectivity index (χ3n) is 1.91. The molecular weight excluding hydrogens is 216 g/mol. The minimum atomic E-state index is -0.419. The molecule has 15 heavy (non-hydrogen) atoms. The largest absolute Gasteiger partial charge is 0.461 e. The van der Waals surface area contributed by atoms with Gasteiger partial charge in [0.05, 0.1) is 6.61 Å². The zero-order valence-electron chi connectivity index (χ0n) is 8.11. The molecule has 0 aromatic carbocycles. The van der Waals surface area contributed by atoms with Crippen molar-refractivity contribution in [1.82, 2.24) is 9.38 Å². The molecule has 0 N–H and O–H groups in total. The number of esters is 1. The fourth-order valence-electron chi connectivity index (χ4n) is 1.26. The fraction of sp³-hybridized carbons (Fsp3) is 0.200. The van der Waals surface area contributed by atoms with Crippen molar-refractivity contribution in [2.45, 2.75) is 6.92 Å². The molecule has 0 saturated carbocycles. The Morgan fingerprint density at radius 1 is 1.67 bits per heavy atom. The predicted octanol–water partition coefficient (Wildman–Crippen LogP) is 2.16. The van der Waals surface area contributed by atoms with Crippen LogP contribution in [0.2, 0.25) is 5.02 Å². The standard InChI is InChI=1S/C10H9ClN2O2/c1-2-15-10(14)8-6-13-4-3-7(11)5-9(13)12-8/h3-6H,2H2,1H3. The van der Waals surface area contributed by atoms with Gasteiger partial charge in [0.1, 0.15) is 5.65 Å². The van der Waals surface area contributed by atoms with Crippen molar-refractivity contribution >= 4 is 23.2 Å². The van der Waals surface area contributed by atoms with E-state index in [9.17, 15) is 4.79 Å². The van der Waals surface area contributed by atoms with Gasteiger partial charge in [0, 0.05) is 23.5 Å². The quantitative estimate of drug-likeness (QED) is 0.735. The molecule has 0 amide bonds. The van der Waals surface area contributed by atoms with Gasteiger partial charge < -0.3 is 9.14 Å². The summed E-state index contributed by atoms with van der Waals surface area (Å²) in [5.74, 6) is -0.419. The Morgan fingerprint density at radius 2 is 2.47 bits per heavy atom. The Labute approximate surface area is 91.4 Å². The summed E-state index contributed by atoms with van der Waals surface area (Å²) >= 11 is 5.80. The molecule has 0 fully saturated rings. The number of halogens is 1. The zero-order chi connectivity index (χ0) is 10.8. The summed E-state index contributed by atoms with van der Waals surface area (Å²) < 4.78 is 6.56. The van der Waals surface area contributed by atoms with Gasteiger partial charge in [-0.1, -0.05) is 11.6 Å². The third kappa shape index (κ3) is 1.94. The van der Waals surface area contributed by atoms with Crippen LogP contribution in [0.3, 0.4) is 0 Å². The van der Waals surface area contributed by atoms with E-state index in [1.165, 1.54) is 0 Å². The number of nitrogens with zero attached hydrogens (tertiary/aromatic N) is 2. The highest BCUT2D eigenvalue weighted by Crippen LogP contribution is 2.12. The maximum Gasteiger partial charge on any atom is 0.358 e. The summed E-state index contributed by atoms with van der Waals surface area (Å²) in [5, 5.41) is 0.587. The summed E-state index contributed by atoms with van der Waals surface area (Å²) in [6, 6.07) is 3.41. The number of ether oxygens (including phenoxy) is 1. The van der Waals surface area contributed by atoms with Crippen LogP contribution in [-0.2, 0) is 4.74 Å². The summed E-state index contributed by atoms with van der Waals surface area (Å²) in [5.41, 5.74) is 0.921. The van der Waals surface area contributed by atoms with Crippen LogP contribution in [0, 0.1) is 0 Å². The maximum absolute atomic E-state index is 11.4. The van der Waals surface area contributed by atoms with Gasteiger partial charge in [-0.25, -0.2) is 9.78 Å². The van der Waals surface area contributed by atoms with E-state index in [2.05, 4.69) is 4.98 Å². The lowest BCUT2D eigenvalue weighted by Crippen LogP contribution is -2.04. The third-order valence-corrected chi connectivity index (χ3v) is 2.14. The molecule has 0 saturated heterocycles. The van der Waals surface area contributed by atoms with Gasteiger partial charge in [0.15, 0.2) is 5.69 Å². The van der Waals surface area contributed by atoms with Crippen LogP contribution >= 0.6 is 11.6 Å². The van der Waals surface area contributed by atoms with E-state index in [4.69, 9.17) is 16.3 Å². The van der Waals surface area contributed by atoms with Gasteiger partial charge >= 0.3 is 5.97 Å². The highest BCUT2D eigenvalue weighted by molar-refractivity contribution is 6.30. The molecule has 2 rings (SSSR count). The van der Waals surface area contributed by atoms with E-state index < -0.39 is 5.97 Å². The van der Waals surface area contributed by atoms with E-state index in [1.807, 2.05) is 0 Å². The Morgan fingerprint density at radius 3 is 3.20 bits per heavy atom. The lowest BCUT2D eigenvalue weighted by atomic mass is 10.5. The normalized spacial score (nSPS) is 10.5. The second kappa shape index (κ2) is 3.90. The molecule has 0 aliphatic carbocycles. The molecule has 0 radical (unpaired) electrons. The molecule has 0 unspecified atom stereocenters. The van der Waals surface area contributed by atoms with E-state index >= 15 is 0 Å². The van der Waals surface area contributed by atoms with Crippen molar-refractivity contribution in [3.63, 3.8) is 0 Å². The van der Waals surface area contributed by atoms with Gasteiger partial charge in [-0.2, -0.15) is 0 Å². The topological polar surface area (TPSA) is 43.6 Å². The average molecular weight is 225 g/mol. The van der Waals surface area contributed by atoms with Gasteiger partial charge in [0.25, 0.3) is 0 Å². The molecule has 2 aromatic heterocycles. The summed E-state index contributed by atoms with van der Waals surface area (Å²) in [6.07, 6.45) is 3.36. The van der Waals surface area contributed by atoms with Crippen molar-refractivity contribution < 1.29 is 9.53 Å². The van der Waals surface area contributed by atoms with Crippen molar-refractivity contribution in [2.24, 2.45) is 0 Å². The van der Waals surface area contributed by atoms with E-state index in [-0.39, 0.29) is 0 Å². The average Bonchev–Trinajstić information content (AvgIpc) is 2.60. The Kier molecular flexibility index (Phi) is 2.60. The molecule has 5 heteroatoms. The zero-order valence-corrected chi connectivity index (χ0v) is 8.86. The number of hydrogen-bond acceptors (Lipinski definition) is 3. The SMILES string of the molecule is CCOC(=O)c1cn2ccc(Cl)cc2n1. The Balaban J connectivity index is 2.42. The number of carbonyl (C=O) groups excluding carboxylic acids is 1. The summed E-state index contributed by atoms with van der Waals surface area (Å²) in [4.78, 5) is 15.5. The second-order valence-corrected chi connectivity index (χ2v) is 3.39. The van der Waals surface area contributed by atoms with E-state index in [0.29, 0.717) is 23.0 Å². The van der Waals surface area contributed by atoms with Gasteiger partial charge in [-0.05, 0) is 13.0 Å². The number of fused-ring (bicyclic) bond motifs is 1. The number of carbonyl (C=O) groups is 1. The van der Waals surface area contributed by atoms with E-state index in [0.717, 1.165) is 0 Å². The van der Waals surface area contributed by atoms with Crippen molar-refractivity contribution in [3.05, 3.63) is 35.2 Å². The minimum absolute atomic E-state index is 0.291. The van der Waals surface area contributed by atoms with Gasteiger partial charge in [-0.3, -0.25) is 0 Å². The maximum atomic E-state index is 11.4. The molecule has 2 heterocycles. The van der Waals surface area contributed by atoms with Crippen LogP contribution in [0.4, 0.5) is 0 Å². The molecule has 0 atom stereocenters. The predicted molar refractivity (Wildman–Crippen MR) is 56.2 cm³/mol. The first-order valence-corrected chi connectivity index (χ1v) is 4.90. The monoisotopic (exact) mass is 224 g/mol. The number of pyridine rings is 1. The Hall–Kier alpha value is -1.55. The highest BCUT2D eigenvalue weighted by atomic mass is 35.5.